The van der Waals surface area contributed by atoms with E-state index in [1.165, 1.54) is 6.07 Å². The number of carbonyl (C=O) groups is 2. The lowest BCUT2D eigenvalue weighted by Crippen LogP contribution is -2.42. The number of hydrogen-bond donors (Lipinski definition) is 2. The molecule has 1 amide bonds. The molecule has 0 bridgehead atoms. The number of amides is 1. The van der Waals surface area contributed by atoms with Crippen LogP contribution < -0.4 is 0 Å². The normalized spacial score (nSPS) is 19.2. The van der Waals surface area contributed by atoms with Gasteiger partial charge in [-0.25, -0.2) is 0 Å². The van der Waals surface area contributed by atoms with Gasteiger partial charge in [-0.1, -0.05) is 0 Å². The third-order valence-corrected chi connectivity index (χ3v) is 3.50. The molecule has 0 aromatic heterocycles. The van der Waals surface area contributed by atoms with Gasteiger partial charge in [-0.05, 0) is 43.5 Å². The fourth-order valence-corrected chi connectivity index (χ4v) is 2.33. The third kappa shape index (κ3) is 2.86. The van der Waals surface area contributed by atoms with Crippen LogP contribution in [0, 0.1) is 12.8 Å². The van der Waals surface area contributed by atoms with Crippen molar-refractivity contribution in [2.45, 2.75) is 19.8 Å². The molecule has 1 atom stereocenters. The smallest absolute Gasteiger partial charge is 0.308 e. The van der Waals surface area contributed by atoms with E-state index < -0.39 is 11.9 Å². The first-order valence-electron chi connectivity index (χ1n) is 6.30. The van der Waals surface area contributed by atoms with Gasteiger partial charge >= 0.3 is 5.97 Å². The second kappa shape index (κ2) is 5.30. The number of aryl methyl sites for hydroxylation is 1. The number of hydrogen-bond acceptors (Lipinski definition) is 3. The third-order valence-electron chi connectivity index (χ3n) is 3.50. The quantitative estimate of drug-likeness (QED) is 0.850. The topological polar surface area (TPSA) is 77.8 Å². The van der Waals surface area contributed by atoms with Crippen molar-refractivity contribution in [3.63, 3.8) is 0 Å². The van der Waals surface area contributed by atoms with Crippen LogP contribution in [0.3, 0.4) is 0 Å². The van der Waals surface area contributed by atoms with Crippen molar-refractivity contribution in [3.8, 4) is 5.75 Å². The van der Waals surface area contributed by atoms with E-state index in [1.54, 1.807) is 24.0 Å². The fourth-order valence-electron chi connectivity index (χ4n) is 2.33. The van der Waals surface area contributed by atoms with Crippen LogP contribution in [-0.2, 0) is 4.79 Å². The zero-order valence-electron chi connectivity index (χ0n) is 10.8. The van der Waals surface area contributed by atoms with E-state index >= 15 is 0 Å². The summed E-state index contributed by atoms with van der Waals surface area (Å²) in [5.74, 6) is -1.34. The van der Waals surface area contributed by atoms with Crippen molar-refractivity contribution in [1.29, 1.82) is 0 Å². The summed E-state index contributed by atoms with van der Waals surface area (Å²) in [4.78, 5) is 24.8. The molecule has 1 aromatic carbocycles. The van der Waals surface area contributed by atoms with Crippen LogP contribution in [0.4, 0.5) is 0 Å². The zero-order valence-corrected chi connectivity index (χ0v) is 10.8. The molecule has 0 unspecified atom stereocenters. The van der Waals surface area contributed by atoms with E-state index in [4.69, 9.17) is 5.11 Å². The predicted molar refractivity (Wildman–Crippen MR) is 69.1 cm³/mol. The minimum atomic E-state index is -0.848. The van der Waals surface area contributed by atoms with Crippen LogP contribution in [0.25, 0.3) is 0 Å². The highest BCUT2D eigenvalue weighted by atomic mass is 16.4. The van der Waals surface area contributed by atoms with Gasteiger partial charge in [0.1, 0.15) is 5.75 Å². The molecule has 5 nitrogen and oxygen atoms in total. The van der Waals surface area contributed by atoms with E-state index in [0.29, 0.717) is 30.5 Å². The summed E-state index contributed by atoms with van der Waals surface area (Å²) in [5.41, 5.74) is 1.12. The van der Waals surface area contributed by atoms with Crippen LogP contribution in [0.2, 0.25) is 0 Å². The number of likely N-dealkylation sites (tertiary alicyclic amines) is 1. The number of carboxylic acid groups (broad SMARTS) is 1. The zero-order chi connectivity index (χ0) is 14.0. The standard InChI is InChI=1S/C14H17NO4/c1-9-7-10(4-5-12(9)16)13(17)15-6-2-3-11(8-15)14(18)19/h4-5,7,11,16H,2-3,6,8H2,1H3,(H,18,19)/t11-/m1/s1. The molecule has 1 fully saturated rings. The lowest BCUT2D eigenvalue weighted by atomic mass is 9.97. The van der Waals surface area contributed by atoms with Gasteiger partial charge in [-0.2, -0.15) is 0 Å². The predicted octanol–water partition coefficient (Wildman–Crippen LogP) is 1.64. The van der Waals surface area contributed by atoms with Crippen molar-refractivity contribution in [2.24, 2.45) is 5.92 Å². The summed E-state index contributed by atoms with van der Waals surface area (Å²) in [6.45, 7) is 2.57. The Bertz CT molecular complexity index is 512. The number of aliphatic carboxylic acids is 1. The second-order valence-electron chi connectivity index (χ2n) is 4.93. The van der Waals surface area contributed by atoms with Gasteiger partial charge in [-0.15, -0.1) is 0 Å². The van der Waals surface area contributed by atoms with Gasteiger partial charge in [0.2, 0.25) is 0 Å². The van der Waals surface area contributed by atoms with E-state index in [1.807, 2.05) is 0 Å². The van der Waals surface area contributed by atoms with Gasteiger partial charge < -0.3 is 15.1 Å². The number of rotatable bonds is 2. The Balaban J connectivity index is 2.14. The highest BCUT2D eigenvalue weighted by Gasteiger charge is 2.28. The summed E-state index contributed by atoms with van der Waals surface area (Å²) in [6, 6.07) is 4.68. The van der Waals surface area contributed by atoms with E-state index in [0.717, 1.165) is 0 Å². The fraction of sp³-hybridized carbons (Fsp3) is 0.429. The average Bonchev–Trinajstić information content (AvgIpc) is 2.41. The maximum Gasteiger partial charge on any atom is 0.308 e. The van der Waals surface area contributed by atoms with Crippen molar-refractivity contribution in [2.75, 3.05) is 13.1 Å². The molecule has 2 rings (SSSR count). The molecule has 1 aliphatic heterocycles. The molecule has 0 saturated carbocycles. The van der Waals surface area contributed by atoms with E-state index in [9.17, 15) is 14.7 Å². The minimum Gasteiger partial charge on any atom is -0.508 e. The first-order valence-corrected chi connectivity index (χ1v) is 6.30. The van der Waals surface area contributed by atoms with Crippen molar-refractivity contribution in [3.05, 3.63) is 29.3 Å². The second-order valence-corrected chi connectivity index (χ2v) is 4.93. The summed E-state index contributed by atoms with van der Waals surface area (Å²) in [7, 11) is 0. The van der Waals surface area contributed by atoms with Crippen LogP contribution in [-0.4, -0.2) is 40.1 Å². The summed E-state index contributed by atoms with van der Waals surface area (Å²) >= 11 is 0. The molecule has 1 aliphatic rings. The van der Waals surface area contributed by atoms with E-state index in [-0.39, 0.29) is 18.2 Å². The summed E-state index contributed by atoms with van der Waals surface area (Å²) in [6.07, 6.45) is 1.33. The number of nitrogens with zero attached hydrogens (tertiary/aromatic N) is 1. The largest absolute Gasteiger partial charge is 0.508 e. The van der Waals surface area contributed by atoms with Crippen LogP contribution in [0.5, 0.6) is 5.75 Å². The highest BCUT2D eigenvalue weighted by Crippen LogP contribution is 2.21. The Labute approximate surface area is 111 Å². The molecular formula is C14H17NO4. The Hall–Kier alpha value is -2.04. The van der Waals surface area contributed by atoms with Gasteiger partial charge in [0.25, 0.3) is 5.91 Å². The Morgan fingerprint density at radius 3 is 2.74 bits per heavy atom. The molecule has 1 aromatic rings. The van der Waals surface area contributed by atoms with Crippen LogP contribution >= 0.6 is 0 Å². The number of carboxylic acids is 1. The van der Waals surface area contributed by atoms with Gasteiger partial charge in [0.05, 0.1) is 5.92 Å². The number of carbonyl (C=O) groups excluding carboxylic acids is 1. The first-order chi connectivity index (χ1) is 8.99. The highest BCUT2D eigenvalue weighted by molar-refractivity contribution is 5.95. The van der Waals surface area contributed by atoms with Gasteiger partial charge in [0, 0.05) is 18.7 Å². The number of benzene rings is 1. The molecule has 0 spiro atoms. The monoisotopic (exact) mass is 263 g/mol. The average molecular weight is 263 g/mol. The van der Waals surface area contributed by atoms with Gasteiger partial charge in [-0.3, -0.25) is 9.59 Å². The molecule has 0 aliphatic carbocycles. The SMILES string of the molecule is Cc1cc(C(=O)N2CCC[C@@H](C(=O)O)C2)ccc1O. The Morgan fingerprint density at radius 1 is 1.37 bits per heavy atom. The Morgan fingerprint density at radius 2 is 2.11 bits per heavy atom. The molecule has 5 heteroatoms. The molecule has 102 valence electrons. The molecule has 2 N–H and O–H groups in total. The van der Waals surface area contributed by atoms with Crippen LogP contribution in [0.1, 0.15) is 28.8 Å². The molecule has 1 saturated heterocycles. The lowest BCUT2D eigenvalue weighted by Gasteiger charge is -2.30. The summed E-state index contributed by atoms with van der Waals surface area (Å²) < 4.78 is 0. The van der Waals surface area contributed by atoms with Crippen LogP contribution in [0.15, 0.2) is 18.2 Å². The molecule has 1 heterocycles. The summed E-state index contributed by atoms with van der Waals surface area (Å²) in [5, 5.41) is 18.5. The van der Waals surface area contributed by atoms with Crippen molar-refractivity contribution < 1.29 is 19.8 Å². The Kier molecular flexibility index (Phi) is 3.74. The van der Waals surface area contributed by atoms with Crippen molar-refractivity contribution in [1.82, 2.24) is 4.90 Å². The first kappa shape index (κ1) is 13.4. The lowest BCUT2D eigenvalue weighted by molar-refractivity contribution is -0.143. The number of phenols is 1. The minimum absolute atomic E-state index is 0.151. The molecule has 0 radical (unpaired) electrons. The molecular weight excluding hydrogens is 246 g/mol. The number of phenolic OH excluding ortho intramolecular Hbond substituents is 1. The molecule has 19 heavy (non-hydrogen) atoms. The maximum atomic E-state index is 12.3. The maximum absolute atomic E-state index is 12.3. The number of piperidine rings is 1. The van der Waals surface area contributed by atoms with E-state index in [2.05, 4.69) is 0 Å². The van der Waals surface area contributed by atoms with Gasteiger partial charge in [0.15, 0.2) is 0 Å². The van der Waals surface area contributed by atoms with Crippen molar-refractivity contribution >= 4 is 11.9 Å². The number of aromatic hydroxyl groups is 1.